The fraction of sp³-hybridized carbons (Fsp3) is 0.182. The minimum atomic E-state index is 0. The number of fused-ring (bicyclic) bond motifs is 3. The zero-order chi connectivity index (χ0) is 16.7. The number of rotatable bonds is 0. The quantitative estimate of drug-likeness (QED) is 0.428. The van der Waals surface area contributed by atoms with Crippen molar-refractivity contribution in [2.75, 3.05) is 0 Å². The zero-order valence-corrected chi connectivity index (χ0v) is 18.8. The second-order valence-electron chi connectivity index (χ2n) is 5.77. The third-order valence-corrected chi connectivity index (χ3v) is 3.43. The Labute approximate surface area is 178 Å². The molecule has 1 aliphatic rings. The minimum absolute atomic E-state index is 0. The van der Waals surface area contributed by atoms with E-state index in [4.69, 9.17) is 0 Å². The van der Waals surface area contributed by atoms with Crippen LogP contribution in [0.3, 0.4) is 0 Å². The van der Waals surface area contributed by atoms with E-state index in [1.807, 2.05) is 12.2 Å². The molecule has 0 unspecified atom stereocenters. The average molecular weight is 449 g/mol. The molecule has 0 saturated heterocycles. The average Bonchev–Trinajstić information content (AvgIpc) is 3.18. The molecule has 3 aromatic carbocycles. The Bertz CT molecular complexity index is 843. The van der Waals surface area contributed by atoms with E-state index in [0.29, 0.717) is 0 Å². The Kier molecular flexibility index (Phi) is 12.0. The summed E-state index contributed by atoms with van der Waals surface area (Å²) in [7, 11) is 0. The molecule has 0 atom stereocenters. The molecule has 1 aliphatic carbocycles. The molecule has 3 aromatic rings. The van der Waals surface area contributed by atoms with Crippen molar-refractivity contribution in [3.05, 3.63) is 78.4 Å². The summed E-state index contributed by atoms with van der Waals surface area (Å²) in [5.41, 5.74) is 1.36. The molecule has 3 heteroatoms. The summed E-state index contributed by atoms with van der Waals surface area (Å²) in [6.07, 6.45) is 10.0. The molecule has 0 spiro atoms. The number of allylic oxidation sites excluding steroid dienone is 4. The van der Waals surface area contributed by atoms with Gasteiger partial charge in [0.05, 0.1) is 0 Å². The van der Waals surface area contributed by atoms with Crippen molar-refractivity contribution >= 4 is 24.8 Å². The summed E-state index contributed by atoms with van der Waals surface area (Å²) in [6, 6.07) is 17.3. The van der Waals surface area contributed by atoms with Gasteiger partial charge in [0, 0.05) is 0 Å². The number of halogens is 2. The molecular weight excluding hydrogens is 426 g/mol. The maximum absolute atomic E-state index is 2.99. The van der Waals surface area contributed by atoms with Gasteiger partial charge in [-0.3, -0.25) is 6.08 Å². The Morgan fingerprint density at radius 2 is 1.64 bits per heavy atom. The standard InChI is InChI=1S/C14H11.C5H5.C3H6.2ClH.Zr/c1-10-5-4-7-12-9-11-6-2-3-8-13(11)14(10)12;1-2-4-5-3-1;1-3-2;;;/h2-9H,1H3;1-3H,4H2;1-2H3;2*1H;/q2*-1;;;;+2/p-2. The summed E-state index contributed by atoms with van der Waals surface area (Å²) >= 11 is 1.55. The third-order valence-electron chi connectivity index (χ3n) is 3.43. The van der Waals surface area contributed by atoms with Crippen LogP contribution in [0.1, 0.15) is 25.8 Å². The minimum Gasteiger partial charge on any atom is -1.00 e. The molecule has 130 valence electrons. The summed E-state index contributed by atoms with van der Waals surface area (Å²) in [5, 5.41) is 5.48. The Morgan fingerprint density at radius 1 is 1.00 bits per heavy atom. The summed E-state index contributed by atoms with van der Waals surface area (Å²) in [4.78, 5) is 0. The maximum atomic E-state index is 2.99. The molecule has 4 rings (SSSR count). The molecule has 0 aromatic heterocycles. The van der Waals surface area contributed by atoms with Gasteiger partial charge in [-0.25, -0.2) is 12.2 Å². The van der Waals surface area contributed by atoms with E-state index in [1.165, 1.54) is 30.3 Å². The van der Waals surface area contributed by atoms with Crippen molar-refractivity contribution < 1.29 is 49.0 Å². The summed E-state index contributed by atoms with van der Waals surface area (Å²) in [5.74, 6) is 0. The summed E-state index contributed by atoms with van der Waals surface area (Å²) < 4.78 is 1.51. The fourth-order valence-corrected chi connectivity index (χ4v) is 2.54. The fourth-order valence-electron chi connectivity index (χ4n) is 2.54. The molecular formula is C22H22Cl2Zr-2. The predicted molar refractivity (Wildman–Crippen MR) is 99.7 cm³/mol. The molecule has 0 saturated carbocycles. The normalized spacial score (nSPS) is 10.9. The zero-order valence-electron chi connectivity index (χ0n) is 14.8. The topological polar surface area (TPSA) is 0 Å². The first-order valence-electron chi connectivity index (χ1n) is 7.87. The van der Waals surface area contributed by atoms with Crippen molar-refractivity contribution in [3.8, 4) is 0 Å². The van der Waals surface area contributed by atoms with E-state index in [-0.39, 0.29) is 24.8 Å². The largest absolute Gasteiger partial charge is 1.00 e. The van der Waals surface area contributed by atoms with E-state index in [9.17, 15) is 0 Å². The molecule has 0 fully saturated rings. The molecule has 0 N–H and O–H groups in total. The number of benzene rings is 2. The van der Waals surface area contributed by atoms with Gasteiger partial charge in [0.1, 0.15) is 0 Å². The van der Waals surface area contributed by atoms with Crippen LogP contribution >= 0.6 is 0 Å². The van der Waals surface area contributed by atoms with Gasteiger partial charge in [-0.15, -0.1) is 46.2 Å². The smallest absolute Gasteiger partial charge is 0.0469 e. The Hall–Kier alpha value is -0.877. The van der Waals surface area contributed by atoms with Gasteiger partial charge in [0.2, 0.25) is 0 Å². The molecule has 0 aliphatic heterocycles. The van der Waals surface area contributed by atoms with Crippen molar-refractivity contribution in [2.24, 2.45) is 0 Å². The van der Waals surface area contributed by atoms with Crippen LogP contribution in [0.4, 0.5) is 0 Å². The first-order valence-corrected chi connectivity index (χ1v) is 9.09. The van der Waals surface area contributed by atoms with Crippen LogP contribution in [0.25, 0.3) is 21.5 Å². The second kappa shape index (κ2) is 12.5. The molecule has 0 radical (unpaired) electrons. The molecule has 0 nitrogen and oxygen atoms in total. The van der Waals surface area contributed by atoms with Crippen LogP contribution in [-0.2, 0) is 24.2 Å². The van der Waals surface area contributed by atoms with Gasteiger partial charge < -0.3 is 24.8 Å². The van der Waals surface area contributed by atoms with Crippen molar-refractivity contribution in [1.29, 1.82) is 0 Å². The van der Waals surface area contributed by atoms with Crippen LogP contribution in [-0.4, -0.2) is 3.21 Å². The third kappa shape index (κ3) is 7.49. The first-order chi connectivity index (χ1) is 11.1. The number of aryl methyl sites for hydroxylation is 1. The van der Waals surface area contributed by atoms with Gasteiger partial charge in [0.25, 0.3) is 0 Å². The van der Waals surface area contributed by atoms with Crippen molar-refractivity contribution in [1.82, 2.24) is 0 Å². The van der Waals surface area contributed by atoms with E-state index in [0.717, 1.165) is 6.42 Å². The van der Waals surface area contributed by atoms with Gasteiger partial charge in [-0.05, 0) is 6.92 Å². The van der Waals surface area contributed by atoms with Gasteiger partial charge >= 0.3 is 41.3 Å². The SMILES string of the molecule is C[C](C)=[Zr+2].Cc1cccc2[cH-]c3ccccc3c12.[C-]1=CC=CC1.[Cl-].[Cl-]. The molecule has 0 heterocycles. The monoisotopic (exact) mass is 446 g/mol. The van der Waals surface area contributed by atoms with E-state index in [2.05, 4.69) is 81.5 Å². The van der Waals surface area contributed by atoms with Crippen LogP contribution in [0.5, 0.6) is 0 Å². The predicted octanol–water partition coefficient (Wildman–Crippen LogP) is 0.0794. The van der Waals surface area contributed by atoms with Crippen LogP contribution < -0.4 is 24.8 Å². The van der Waals surface area contributed by atoms with E-state index < -0.39 is 0 Å². The van der Waals surface area contributed by atoms with Gasteiger partial charge in [0.15, 0.2) is 0 Å². The van der Waals surface area contributed by atoms with E-state index in [1.54, 1.807) is 24.2 Å². The van der Waals surface area contributed by atoms with Crippen LogP contribution in [0, 0.1) is 13.0 Å². The molecule has 0 bridgehead atoms. The maximum Gasteiger partial charge on any atom is -0.0469 e. The Balaban J connectivity index is 0.000000443. The van der Waals surface area contributed by atoms with Gasteiger partial charge in [-0.1, -0.05) is 35.9 Å². The number of hydrogen-bond donors (Lipinski definition) is 0. The van der Waals surface area contributed by atoms with Gasteiger partial charge in [-0.2, -0.15) is 6.08 Å². The molecule has 25 heavy (non-hydrogen) atoms. The number of hydrogen-bond acceptors (Lipinski definition) is 0. The second-order valence-corrected chi connectivity index (χ2v) is 8.23. The van der Waals surface area contributed by atoms with Crippen molar-refractivity contribution in [2.45, 2.75) is 27.2 Å². The first kappa shape index (κ1) is 24.1. The van der Waals surface area contributed by atoms with Crippen molar-refractivity contribution in [3.63, 3.8) is 0 Å². The Morgan fingerprint density at radius 3 is 2.20 bits per heavy atom. The van der Waals surface area contributed by atoms with E-state index >= 15 is 0 Å². The van der Waals surface area contributed by atoms with Crippen LogP contribution in [0.15, 0.2) is 66.8 Å². The molecule has 0 amide bonds. The van der Waals surface area contributed by atoms with Crippen LogP contribution in [0.2, 0.25) is 0 Å². The summed E-state index contributed by atoms with van der Waals surface area (Å²) in [6.45, 7) is 6.42.